The molecule has 1 amide bonds. The molecule has 2 heterocycles. The summed E-state index contributed by atoms with van der Waals surface area (Å²) in [5, 5.41) is 18.8. The fourth-order valence-electron chi connectivity index (χ4n) is 2.38. The van der Waals surface area contributed by atoms with Crippen LogP contribution in [0.15, 0.2) is 10.5 Å². The number of amides is 1. The Kier molecular flexibility index (Phi) is 3.26. The first-order chi connectivity index (χ1) is 10.1. The van der Waals surface area contributed by atoms with Crippen molar-refractivity contribution >= 4 is 11.7 Å². The minimum absolute atomic E-state index is 0.240. The number of hydrogen-bond acceptors (Lipinski definition) is 4. The van der Waals surface area contributed by atoms with Gasteiger partial charge < -0.3 is 9.73 Å². The molecule has 1 fully saturated rings. The third-order valence-electron chi connectivity index (χ3n) is 3.69. The topological polar surface area (TPSA) is 94.7 Å². The molecule has 0 aliphatic heterocycles. The summed E-state index contributed by atoms with van der Waals surface area (Å²) in [6.45, 7) is 3.87. The molecule has 0 saturated heterocycles. The average Bonchev–Trinajstić information content (AvgIpc) is 3.13. The van der Waals surface area contributed by atoms with Crippen molar-refractivity contribution in [2.24, 2.45) is 0 Å². The van der Waals surface area contributed by atoms with E-state index in [0.717, 1.165) is 36.3 Å². The van der Waals surface area contributed by atoms with Gasteiger partial charge in [0.25, 0.3) is 5.91 Å². The van der Waals surface area contributed by atoms with Gasteiger partial charge in [0.1, 0.15) is 17.4 Å². The second kappa shape index (κ2) is 5.09. The average molecular weight is 284 g/mol. The highest BCUT2D eigenvalue weighted by atomic mass is 16.4. The van der Waals surface area contributed by atoms with Gasteiger partial charge in [0, 0.05) is 12.3 Å². The number of nitrogens with one attached hydrogen (secondary N) is 2. The van der Waals surface area contributed by atoms with Crippen LogP contribution in [0.25, 0.3) is 0 Å². The lowest BCUT2D eigenvalue weighted by Gasteiger charge is -1.99. The highest BCUT2D eigenvalue weighted by Crippen LogP contribution is 2.41. The molecular weight excluding hydrogens is 268 g/mol. The Morgan fingerprint density at radius 3 is 2.95 bits per heavy atom. The molecule has 6 nitrogen and oxygen atoms in total. The molecule has 2 aromatic rings. The van der Waals surface area contributed by atoms with E-state index >= 15 is 0 Å². The van der Waals surface area contributed by atoms with E-state index < -0.39 is 0 Å². The SMILES string of the molecule is CCc1oc(C(=O)Nc2n[nH]c(C3CC3)c2C#N)cc1C. The number of H-pyrrole nitrogens is 1. The first-order valence-corrected chi connectivity index (χ1v) is 7.03. The first-order valence-electron chi connectivity index (χ1n) is 7.03. The molecule has 0 radical (unpaired) electrons. The number of nitriles is 1. The lowest BCUT2D eigenvalue weighted by molar-refractivity contribution is 0.0994. The van der Waals surface area contributed by atoms with Crippen LogP contribution < -0.4 is 5.32 Å². The van der Waals surface area contributed by atoms with Gasteiger partial charge in [-0.15, -0.1) is 0 Å². The number of rotatable bonds is 4. The molecule has 2 N–H and O–H groups in total. The molecule has 0 aromatic carbocycles. The van der Waals surface area contributed by atoms with Crippen molar-refractivity contribution in [2.75, 3.05) is 5.32 Å². The summed E-state index contributed by atoms with van der Waals surface area (Å²) in [6.07, 6.45) is 2.85. The van der Waals surface area contributed by atoms with Crippen LogP contribution in [0.4, 0.5) is 5.82 Å². The van der Waals surface area contributed by atoms with Gasteiger partial charge in [-0.2, -0.15) is 10.4 Å². The maximum absolute atomic E-state index is 12.2. The Morgan fingerprint density at radius 1 is 1.62 bits per heavy atom. The van der Waals surface area contributed by atoms with Crippen molar-refractivity contribution < 1.29 is 9.21 Å². The number of carbonyl (C=O) groups excluding carboxylic acids is 1. The number of furan rings is 1. The van der Waals surface area contributed by atoms with E-state index in [1.54, 1.807) is 6.07 Å². The van der Waals surface area contributed by atoms with E-state index in [9.17, 15) is 10.1 Å². The van der Waals surface area contributed by atoms with Crippen LogP contribution in [0.1, 0.15) is 58.8 Å². The normalized spacial score (nSPS) is 14.0. The lowest BCUT2D eigenvalue weighted by Crippen LogP contribution is -2.12. The van der Waals surface area contributed by atoms with E-state index in [1.807, 2.05) is 13.8 Å². The molecule has 1 saturated carbocycles. The summed E-state index contributed by atoms with van der Waals surface area (Å²) in [7, 11) is 0. The second-order valence-electron chi connectivity index (χ2n) is 5.27. The maximum atomic E-state index is 12.2. The molecule has 0 spiro atoms. The summed E-state index contributed by atoms with van der Waals surface area (Å²) in [6, 6.07) is 3.81. The largest absolute Gasteiger partial charge is 0.456 e. The number of aryl methyl sites for hydroxylation is 2. The van der Waals surface area contributed by atoms with Crippen LogP contribution in [-0.4, -0.2) is 16.1 Å². The van der Waals surface area contributed by atoms with Gasteiger partial charge in [0.05, 0.1) is 5.69 Å². The molecule has 3 rings (SSSR count). The number of hydrogen-bond donors (Lipinski definition) is 2. The van der Waals surface area contributed by atoms with E-state index in [-0.39, 0.29) is 17.5 Å². The molecule has 1 aliphatic carbocycles. The zero-order chi connectivity index (χ0) is 15.0. The van der Waals surface area contributed by atoms with Crippen molar-refractivity contribution in [1.82, 2.24) is 10.2 Å². The Labute approximate surface area is 122 Å². The maximum Gasteiger partial charge on any atom is 0.292 e. The summed E-state index contributed by atoms with van der Waals surface area (Å²) in [5.74, 6) is 1.29. The molecule has 0 bridgehead atoms. The summed E-state index contributed by atoms with van der Waals surface area (Å²) < 4.78 is 5.50. The predicted octanol–water partition coefficient (Wildman–Crippen LogP) is 2.87. The standard InChI is InChI=1S/C15H16N4O2/c1-3-11-8(2)6-12(21-11)15(20)17-14-10(7-16)13(18-19-14)9-4-5-9/h6,9H,3-5H2,1-2H3,(H2,17,18,19,20). The van der Waals surface area contributed by atoms with Crippen LogP contribution in [0.3, 0.4) is 0 Å². The smallest absolute Gasteiger partial charge is 0.292 e. The van der Waals surface area contributed by atoms with E-state index in [4.69, 9.17) is 4.42 Å². The molecule has 0 unspecified atom stereocenters. The number of carbonyl (C=O) groups is 1. The van der Waals surface area contributed by atoms with Crippen LogP contribution >= 0.6 is 0 Å². The molecule has 21 heavy (non-hydrogen) atoms. The van der Waals surface area contributed by atoms with Crippen molar-refractivity contribution in [3.05, 3.63) is 34.4 Å². The highest BCUT2D eigenvalue weighted by molar-refractivity contribution is 6.02. The monoisotopic (exact) mass is 284 g/mol. The number of aromatic amines is 1. The van der Waals surface area contributed by atoms with Crippen LogP contribution in [0.2, 0.25) is 0 Å². The van der Waals surface area contributed by atoms with Gasteiger partial charge >= 0.3 is 0 Å². The molecule has 0 atom stereocenters. The predicted molar refractivity (Wildman–Crippen MR) is 76.1 cm³/mol. The van der Waals surface area contributed by atoms with E-state index in [1.165, 1.54) is 0 Å². The number of nitrogens with zero attached hydrogens (tertiary/aromatic N) is 2. The molecule has 2 aromatic heterocycles. The van der Waals surface area contributed by atoms with Gasteiger partial charge in [-0.05, 0) is 31.4 Å². The van der Waals surface area contributed by atoms with Crippen molar-refractivity contribution in [3.8, 4) is 6.07 Å². The minimum Gasteiger partial charge on any atom is -0.456 e. The highest BCUT2D eigenvalue weighted by Gasteiger charge is 2.30. The van der Waals surface area contributed by atoms with Gasteiger partial charge in [0.2, 0.25) is 0 Å². The zero-order valence-corrected chi connectivity index (χ0v) is 12.0. The molecule has 108 valence electrons. The molecule has 1 aliphatic rings. The van der Waals surface area contributed by atoms with E-state index in [0.29, 0.717) is 11.5 Å². The van der Waals surface area contributed by atoms with Crippen molar-refractivity contribution in [2.45, 2.75) is 39.0 Å². The van der Waals surface area contributed by atoms with E-state index in [2.05, 4.69) is 21.6 Å². The Bertz CT molecular complexity index is 731. The van der Waals surface area contributed by atoms with Gasteiger partial charge in [-0.1, -0.05) is 6.92 Å². The fraction of sp³-hybridized carbons (Fsp3) is 0.400. The first kappa shape index (κ1) is 13.4. The van der Waals surface area contributed by atoms with Crippen LogP contribution in [0.5, 0.6) is 0 Å². The number of anilines is 1. The molecule has 6 heteroatoms. The minimum atomic E-state index is -0.386. The van der Waals surface area contributed by atoms with Crippen LogP contribution in [0, 0.1) is 18.3 Å². The van der Waals surface area contributed by atoms with Crippen LogP contribution in [-0.2, 0) is 6.42 Å². The van der Waals surface area contributed by atoms with Gasteiger partial charge in [0.15, 0.2) is 11.6 Å². The van der Waals surface area contributed by atoms with Gasteiger partial charge in [-0.3, -0.25) is 9.89 Å². The Hall–Kier alpha value is -2.55. The fourth-order valence-corrected chi connectivity index (χ4v) is 2.38. The third kappa shape index (κ3) is 2.42. The second-order valence-corrected chi connectivity index (χ2v) is 5.27. The zero-order valence-electron chi connectivity index (χ0n) is 12.0. The lowest BCUT2D eigenvalue weighted by atomic mass is 10.2. The van der Waals surface area contributed by atoms with Gasteiger partial charge in [-0.25, -0.2) is 0 Å². The third-order valence-corrected chi connectivity index (χ3v) is 3.69. The Balaban J connectivity index is 1.83. The summed E-state index contributed by atoms with van der Waals surface area (Å²) >= 11 is 0. The summed E-state index contributed by atoms with van der Waals surface area (Å²) in [4.78, 5) is 12.2. The Morgan fingerprint density at radius 2 is 2.38 bits per heavy atom. The summed E-state index contributed by atoms with van der Waals surface area (Å²) in [5.41, 5.74) is 2.19. The quantitative estimate of drug-likeness (QED) is 0.902. The molecular formula is C15H16N4O2. The number of aromatic nitrogens is 2. The van der Waals surface area contributed by atoms with Crippen molar-refractivity contribution in [1.29, 1.82) is 5.26 Å². The van der Waals surface area contributed by atoms with Crippen molar-refractivity contribution in [3.63, 3.8) is 0 Å².